The maximum atomic E-state index is 11.7. The third-order valence-corrected chi connectivity index (χ3v) is 2.61. The fourth-order valence-corrected chi connectivity index (χ4v) is 1.85. The first-order chi connectivity index (χ1) is 10.0. The maximum absolute atomic E-state index is 11.7. The molecule has 0 radical (unpaired) electrons. The Hall–Kier alpha value is -2.76. The minimum absolute atomic E-state index is 0.0664. The van der Waals surface area contributed by atoms with Gasteiger partial charge in [0, 0.05) is 18.1 Å². The van der Waals surface area contributed by atoms with Crippen molar-refractivity contribution in [3.63, 3.8) is 0 Å². The van der Waals surface area contributed by atoms with Crippen molar-refractivity contribution in [3.8, 4) is 0 Å². The third kappa shape index (κ3) is 4.38. The Labute approximate surface area is 122 Å². The molecule has 1 aromatic heterocycles. The summed E-state index contributed by atoms with van der Waals surface area (Å²) in [5, 5.41) is 2.68. The first kappa shape index (κ1) is 14.6. The predicted molar refractivity (Wildman–Crippen MR) is 76.9 cm³/mol. The zero-order chi connectivity index (χ0) is 15.2. The van der Waals surface area contributed by atoms with Crippen molar-refractivity contribution < 1.29 is 14.3 Å². The molecule has 0 saturated heterocycles. The van der Waals surface area contributed by atoms with Crippen LogP contribution in [0.2, 0.25) is 0 Å². The number of esters is 1. The molecule has 1 heterocycles. The fourth-order valence-electron chi connectivity index (χ4n) is 1.85. The number of benzene rings is 1. The largest absolute Gasteiger partial charge is 0.451 e. The molecule has 2 aromatic rings. The molecule has 0 atom stereocenters. The summed E-state index contributed by atoms with van der Waals surface area (Å²) in [6.45, 7) is 3.51. The second-order valence-corrected chi connectivity index (χ2v) is 4.59. The van der Waals surface area contributed by atoms with Gasteiger partial charge in [0.2, 0.25) is 0 Å². The molecule has 1 aromatic carbocycles. The number of aryl methyl sites for hydroxylation is 2. The van der Waals surface area contributed by atoms with Crippen LogP contribution in [0.25, 0.3) is 0 Å². The summed E-state index contributed by atoms with van der Waals surface area (Å²) < 4.78 is 4.87. The van der Waals surface area contributed by atoms with Crippen LogP contribution in [0.4, 0.5) is 5.69 Å². The third-order valence-electron chi connectivity index (χ3n) is 2.61. The van der Waals surface area contributed by atoms with Crippen LogP contribution < -0.4 is 5.32 Å². The van der Waals surface area contributed by atoms with Crippen LogP contribution in [0.1, 0.15) is 21.6 Å². The molecule has 0 spiro atoms. The molecule has 2 rings (SSSR count). The summed E-state index contributed by atoms with van der Waals surface area (Å²) >= 11 is 0. The number of carbonyl (C=O) groups excluding carboxylic acids is 2. The van der Waals surface area contributed by atoms with E-state index in [4.69, 9.17) is 4.74 Å². The van der Waals surface area contributed by atoms with Gasteiger partial charge in [0.05, 0.1) is 6.20 Å². The summed E-state index contributed by atoms with van der Waals surface area (Å²) in [5.41, 5.74) is 2.83. The number of hydrogen-bond acceptors (Lipinski definition) is 5. The first-order valence-corrected chi connectivity index (χ1v) is 6.36. The topological polar surface area (TPSA) is 81.2 Å². The van der Waals surface area contributed by atoms with Gasteiger partial charge in [-0.25, -0.2) is 9.78 Å². The molecule has 108 valence electrons. The maximum Gasteiger partial charge on any atom is 0.359 e. The van der Waals surface area contributed by atoms with Gasteiger partial charge >= 0.3 is 5.97 Å². The molecule has 0 fully saturated rings. The zero-order valence-electron chi connectivity index (χ0n) is 11.8. The van der Waals surface area contributed by atoms with Gasteiger partial charge in [0.1, 0.15) is 0 Å². The normalized spacial score (nSPS) is 10.0. The van der Waals surface area contributed by atoms with Gasteiger partial charge < -0.3 is 10.1 Å². The lowest BCUT2D eigenvalue weighted by molar-refractivity contribution is -0.119. The lowest BCUT2D eigenvalue weighted by Gasteiger charge is -2.08. The van der Waals surface area contributed by atoms with Crippen molar-refractivity contribution in [2.75, 3.05) is 11.9 Å². The Bertz CT molecular complexity index is 636. The number of ether oxygens (including phenoxy) is 1. The fraction of sp³-hybridized carbons (Fsp3) is 0.200. The molecule has 6 nitrogen and oxygen atoms in total. The average molecular weight is 285 g/mol. The minimum Gasteiger partial charge on any atom is -0.451 e. The Morgan fingerprint density at radius 1 is 1.14 bits per heavy atom. The number of rotatable bonds is 4. The van der Waals surface area contributed by atoms with Crippen molar-refractivity contribution in [1.82, 2.24) is 9.97 Å². The number of amides is 1. The number of nitrogens with one attached hydrogen (secondary N) is 1. The highest BCUT2D eigenvalue weighted by Gasteiger charge is 2.11. The van der Waals surface area contributed by atoms with Crippen LogP contribution in [0.15, 0.2) is 36.8 Å². The summed E-state index contributed by atoms with van der Waals surface area (Å²) in [6, 6.07) is 5.69. The Kier molecular flexibility index (Phi) is 4.61. The summed E-state index contributed by atoms with van der Waals surface area (Å²) in [4.78, 5) is 30.9. The van der Waals surface area contributed by atoms with E-state index in [9.17, 15) is 9.59 Å². The molecule has 0 unspecified atom stereocenters. The van der Waals surface area contributed by atoms with Crippen molar-refractivity contribution >= 4 is 17.6 Å². The number of nitrogens with zero attached hydrogens (tertiary/aromatic N) is 2. The molecule has 0 aliphatic heterocycles. The Balaban J connectivity index is 1.89. The van der Waals surface area contributed by atoms with Crippen LogP contribution in [0.5, 0.6) is 0 Å². The second-order valence-electron chi connectivity index (χ2n) is 4.59. The number of carbonyl (C=O) groups is 2. The van der Waals surface area contributed by atoms with Crippen LogP contribution in [-0.4, -0.2) is 28.5 Å². The Morgan fingerprint density at radius 3 is 2.48 bits per heavy atom. The molecule has 0 aliphatic carbocycles. The molecule has 0 saturated carbocycles. The summed E-state index contributed by atoms with van der Waals surface area (Å²) in [5.74, 6) is -1.09. The van der Waals surface area contributed by atoms with Gasteiger partial charge in [-0.1, -0.05) is 6.07 Å². The molecule has 0 bridgehead atoms. The smallest absolute Gasteiger partial charge is 0.359 e. The van der Waals surface area contributed by atoms with E-state index in [0.717, 1.165) is 11.1 Å². The average Bonchev–Trinajstić information content (AvgIpc) is 2.44. The van der Waals surface area contributed by atoms with E-state index in [0.29, 0.717) is 5.69 Å². The van der Waals surface area contributed by atoms with E-state index in [-0.39, 0.29) is 12.3 Å². The SMILES string of the molecule is Cc1cc(C)cc(NC(=O)COC(=O)c2cnccn2)c1. The van der Waals surface area contributed by atoms with E-state index in [1.807, 2.05) is 32.0 Å². The van der Waals surface area contributed by atoms with Gasteiger partial charge in [-0.3, -0.25) is 9.78 Å². The second kappa shape index (κ2) is 6.60. The lowest BCUT2D eigenvalue weighted by Crippen LogP contribution is -2.21. The van der Waals surface area contributed by atoms with Gasteiger partial charge in [-0.15, -0.1) is 0 Å². The monoisotopic (exact) mass is 285 g/mol. The first-order valence-electron chi connectivity index (χ1n) is 6.36. The number of aromatic nitrogens is 2. The van der Waals surface area contributed by atoms with E-state index in [1.54, 1.807) is 0 Å². The number of hydrogen-bond donors (Lipinski definition) is 1. The van der Waals surface area contributed by atoms with Crippen molar-refractivity contribution in [1.29, 1.82) is 0 Å². The summed E-state index contributed by atoms with van der Waals surface area (Å²) in [7, 11) is 0. The van der Waals surface area contributed by atoms with Gasteiger partial charge in [-0.2, -0.15) is 0 Å². The van der Waals surface area contributed by atoms with Crippen LogP contribution in [0.3, 0.4) is 0 Å². The highest BCUT2D eigenvalue weighted by atomic mass is 16.5. The predicted octanol–water partition coefficient (Wildman–Crippen LogP) is 1.89. The summed E-state index contributed by atoms with van der Waals surface area (Å²) in [6.07, 6.45) is 4.11. The lowest BCUT2D eigenvalue weighted by atomic mass is 10.1. The van der Waals surface area contributed by atoms with E-state index < -0.39 is 11.9 Å². The van der Waals surface area contributed by atoms with E-state index >= 15 is 0 Å². The quantitative estimate of drug-likeness (QED) is 0.867. The van der Waals surface area contributed by atoms with Crippen LogP contribution in [0, 0.1) is 13.8 Å². The van der Waals surface area contributed by atoms with Crippen LogP contribution in [-0.2, 0) is 9.53 Å². The van der Waals surface area contributed by atoms with E-state index in [2.05, 4.69) is 15.3 Å². The highest BCUT2D eigenvalue weighted by molar-refractivity contribution is 5.94. The van der Waals surface area contributed by atoms with Gasteiger partial charge in [-0.05, 0) is 37.1 Å². The van der Waals surface area contributed by atoms with Gasteiger partial charge in [0.15, 0.2) is 12.3 Å². The van der Waals surface area contributed by atoms with Crippen molar-refractivity contribution in [2.24, 2.45) is 0 Å². The Morgan fingerprint density at radius 2 is 1.86 bits per heavy atom. The van der Waals surface area contributed by atoms with Crippen molar-refractivity contribution in [2.45, 2.75) is 13.8 Å². The van der Waals surface area contributed by atoms with E-state index in [1.165, 1.54) is 18.6 Å². The molecule has 21 heavy (non-hydrogen) atoms. The highest BCUT2D eigenvalue weighted by Crippen LogP contribution is 2.13. The molecular formula is C15H15N3O3. The molecular weight excluding hydrogens is 270 g/mol. The molecule has 1 N–H and O–H groups in total. The van der Waals surface area contributed by atoms with Crippen LogP contribution >= 0.6 is 0 Å². The minimum atomic E-state index is -0.682. The zero-order valence-corrected chi connectivity index (χ0v) is 11.8. The van der Waals surface area contributed by atoms with Gasteiger partial charge in [0.25, 0.3) is 5.91 Å². The van der Waals surface area contributed by atoms with Crippen molar-refractivity contribution in [3.05, 3.63) is 53.6 Å². The number of anilines is 1. The molecule has 6 heteroatoms. The standard InChI is InChI=1S/C15H15N3O3/c1-10-5-11(2)7-12(6-10)18-14(19)9-21-15(20)13-8-16-3-4-17-13/h3-8H,9H2,1-2H3,(H,18,19). The molecule has 1 amide bonds. The molecule has 0 aliphatic rings.